The van der Waals surface area contributed by atoms with Crippen LogP contribution in [0, 0.1) is 13.8 Å². The molecule has 1 N–H and O–H groups in total. The second kappa shape index (κ2) is 8.84. The number of ether oxygens (including phenoxy) is 1. The zero-order chi connectivity index (χ0) is 21.9. The van der Waals surface area contributed by atoms with Gasteiger partial charge in [-0.3, -0.25) is 9.10 Å². The number of anilines is 2. The highest BCUT2D eigenvalue weighted by Crippen LogP contribution is 2.28. The predicted molar refractivity (Wildman–Crippen MR) is 114 cm³/mol. The number of hydrogen-bond donors (Lipinski definition) is 1. The quantitative estimate of drug-likeness (QED) is 0.696. The number of nitrogens with zero attached hydrogens (tertiary/aromatic N) is 1. The molecule has 0 radical (unpaired) electrons. The van der Waals surface area contributed by atoms with Crippen LogP contribution >= 0.6 is 11.6 Å². The van der Waals surface area contributed by atoms with Crippen LogP contribution in [0.2, 0.25) is 5.02 Å². The molecule has 1 atom stereocenters. The maximum Gasteiger partial charge on any atom is 0.337 e. The summed E-state index contributed by atoms with van der Waals surface area (Å²) in [5, 5.41) is 2.81. The van der Waals surface area contributed by atoms with E-state index in [1.807, 2.05) is 13.0 Å². The molecule has 0 aliphatic carbocycles. The van der Waals surface area contributed by atoms with E-state index in [1.54, 1.807) is 19.1 Å². The smallest absolute Gasteiger partial charge is 0.337 e. The number of esters is 1. The zero-order valence-electron chi connectivity index (χ0n) is 16.8. The van der Waals surface area contributed by atoms with Gasteiger partial charge in [0.15, 0.2) is 0 Å². The van der Waals surface area contributed by atoms with Crippen LogP contribution in [0.5, 0.6) is 0 Å². The van der Waals surface area contributed by atoms with Crippen molar-refractivity contribution in [2.75, 3.05) is 23.0 Å². The third-order valence-corrected chi connectivity index (χ3v) is 5.89. The van der Waals surface area contributed by atoms with Gasteiger partial charge in [0.1, 0.15) is 6.04 Å². The lowest BCUT2D eigenvalue weighted by molar-refractivity contribution is -0.116. The van der Waals surface area contributed by atoms with Crippen LogP contribution in [0.3, 0.4) is 0 Å². The van der Waals surface area contributed by atoms with E-state index in [1.165, 1.54) is 32.2 Å². The van der Waals surface area contributed by atoms with Crippen molar-refractivity contribution in [1.29, 1.82) is 0 Å². The van der Waals surface area contributed by atoms with Crippen LogP contribution in [0.25, 0.3) is 0 Å². The van der Waals surface area contributed by atoms with Crippen LogP contribution in [-0.2, 0) is 19.6 Å². The first-order valence-corrected chi connectivity index (χ1v) is 10.9. The second-order valence-electron chi connectivity index (χ2n) is 6.70. The Labute approximate surface area is 175 Å². The average molecular weight is 439 g/mol. The number of methoxy groups -OCH3 is 1. The molecule has 2 aromatic carbocycles. The Morgan fingerprint density at radius 3 is 2.38 bits per heavy atom. The van der Waals surface area contributed by atoms with Crippen molar-refractivity contribution >= 4 is 44.9 Å². The third kappa shape index (κ3) is 5.27. The Kier molecular flexibility index (Phi) is 6.92. The van der Waals surface area contributed by atoms with Crippen LogP contribution in [-0.4, -0.2) is 39.7 Å². The molecule has 0 spiro atoms. The van der Waals surface area contributed by atoms with Gasteiger partial charge in [0.25, 0.3) is 0 Å². The van der Waals surface area contributed by atoms with E-state index in [-0.39, 0.29) is 16.3 Å². The summed E-state index contributed by atoms with van der Waals surface area (Å²) >= 11 is 6.13. The number of aryl methyl sites for hydroxylation is 2. The van der Waals surface area contributed by atoms with Gasteiger partial charge in [0, 0.05) is 0 Å². The van der Waals surface area contributed by atoms with E-state index in [0.29, 0.717) is 11.3 Å². The minimum absolute atomic E-state index is 0.181. The molecular formula is C20H23ClN2O5S. The lowest BCUT2D eigenvalue weighted by atomic mass is 10.1. The molecule has 0 saturated carbocycles. The Morgan fingerprint density at radius 2 is 1.79 bits per heavy atom. The van der Waals surface area contributed by atoms with E-state index < -0.39 is 27.9 Å². The summed E-state index contributed by atoms with van der Waals surface area (Å²) in [6, 6.07) is 8.60. The first kappa shape index (κ1) is 22.7. The number of sulfonamides is 1. The fourth-order valence-corrected chi connectivity index (χ4v) is 4.23. The largest absolute Gasteiger partial charge is 0.465 e. The molecule has 0 bridgehead atoms. The molecule has 0 heterocycles. The predicted octanol–water partition coefficient (Wildman–Crippen LogP) is 3.54. The maximum atomic E-state index is 12.9. The SMILES string of the molecule is COC(=O)c1ccc(Cl)c(NC(=O)[C@@H](C)N(c2cc(C)ccc2C)S(C)(=O)=O)c1. The fraction of sp³-hybridized carbons (Fsp3) is 0.300. The molecule has 156 valence electrons. The lowest BCUT2D eigenvalue weighted by Crippen LogP contribution is -2.45. The molecule has 29 heavy (non-hydrogen) atoms. The summed E-state index contributed by atoms with van der Waals surface area (Å²) in [5.41, 5.74) is 2.38. The first-order valence-electron chi connectivity index (χ1n) is 8.71. The molecule has 9 heteroatoms. The number of benzene rings is 2. The van der Waals surface area contributed by atoms with Gasteiger partial charge < -0.3 is 10.1 Å². The third-order valence-electron chi connectivity index (χ3n) is 4.34. The van der Waals surface area contributed by atoms with E-state index in [2.05, 4.69) is 10.1 Å². The summed E-state index contributed by atoms with van der Waals surface area (Å²) in [5.74, 6) is -1.18. The number of halogens is 1. The Bertz CT molecular complexity index is 1050. The van der Waals surface area contributed by atoms with E-state index >= 15 is 0 Å². The molecule has 0 fully saturated rings. The highest BCUT2D eigenvalue weighted by atomic mass is 35.5. The van der Waals surface area contributed by atoms with E-state index in [0.717, 1.165) is 16.1 Å². The van der Waals surface area contributed by atoms with Crippen molar-refractivity contribution < 1.29 is 22.7 Å². The van der Waals surface area contributed by atoms with Gasteiger partial charge in [-0.05, 0) is 56.2 Å². The summed E-state index contributed by atoms with van der Waals surface area (Å²) in [6.07, 6.45) is 1.05. The van der Waals surface area contributed by atoms with Crippen molar-refractivity contribution in [3.05, 3.63) is 58.1 Å². The number of rotatable bonds is 6. The molecule has 7 nitrogen and oxygen atoms in total. The van der Waals surface area contributed by atoms with Crippen molar-refractivity contribution in [1.82, 2.24) is 0 Å². The van der Waals surface area contributed by atoms with Crippen molar-refractivity contribution in [3.63, 3.8) is 0 Å². The van der Waals surface area contributed by atoms with Crippen LogP contribution < -0.4 is 9.62 Å². The van der Waals surface area contributed by atoms with Gasteiger partial charge >= 0.3 is 5.97 Å². The van der Waals surface area contributed by atoms with E-state index in [9.17, 15) is 18.0 Å². The van der Waals surface area contributed by atoms with Crippen LogP contribution in [0.1, 0.15) is 28.4 Å². The fourth-order valence-electron chi connectivity index (χ4n) is 2.84. The van der Waals surface area contributed by atoms with Gasteiger partial charge in [0.2, 0.25) is 15.9 Å². The molecular weight excluding hydrogens is 416 g/mol. The van der Waals surface area contributed by atoms with Crippen molar-refractivity contribution in [2.45, 2.75) is 26.8 Å². The molecule has 0 unspecified atom stereocenters. The minimum atomic E-state index is -3.76. The van der Waals surface area contributed by atoms with Gasteiger partial charge in [-0.25, -0.2) is 13.2 Å². The number of nitrogens with one attached hydrogen (secondary N) is 1. The normalized spacial score (nSPS) is 12.2. The Balaban J connectivity index is 2.41. The summed E-state index contributed by atoms with van der Waals surface area (Å²) < 4.78 is 30.7. The topological polar surface area (TPSA) is 92.8 Å². The standard InChI is InChI=1S/C20H23ClN2O5S/c1-12-6-7-13(2)18(10-12)23(29(5,26)27)14(3)19(24)22-17-11-15(20(25)28-4)8-9-16(17)21/h6-11,14H,1-5H3,(H,22,24)/t14-/m1/s1. The molecule has 1 amide bonds. The summed E-state index contributed by atoms with van der Waals surface area (Å²) in [7, 11) is -2.52. The molecule has 0 aliphatic heterocycles. The lowest BCUT2D eigenvalue weighted by Gasteiger charge is -2.30. The van der Waals surface area contributed by atoms with Crippen LogP contribution in [0.4, 0.5) is 11.4 Å². The van der Waals surface area contributed by atoms with Gasteiger partial charge in [-0.2, -0.15) is 0 Å². The van der Waals surface area contributed by atoms with Crippen molar-refractivity contribution in [3.8, 4) is 0 Å². The van der Waals surface area contributed by atoms with Gasteiger partial charge in [-0.15, -0.1) is 0 Å². The zero-order valence-corrected chi connectivity index (χ0v) is 18.4. The monoisotopic (exact) mass is 438 g/mol. The Hall–Kier alpha value is -2.58. The average Bonchev–Trinajstić information content (AvgIpc) is 2.64. The van der Waals surface area contributed by atoms with Crippen LogP contribution in [0.15, 0.2) is 36.4 Å². The van der Waals surface area contributed by atoms with E-state index in [4.69, 9.17) is 11.6 Å². The molecule has 0 aliphatic rings. The Morgan fingerprint density at radius 1 is 1.14 bits per heavy atom. The van der Waals surface area contributed by atoms with Gasteiger partial charge in [-0.1, -0.05) is 23.7 Å². The molecule has 0 aromatic heterocycles. The summed E-state index contributed by atoms with van der Waals surface area (Å²) in [4.78, 5) is 24.6. The minimum Gasteiger partial charge on any atom is -0.465 e. The number of carbonyl (C=O) groups is 2. The summed E-state index contributed by atoms with van der Waals surface area (Å²) in [6.45, 7) is 5.09. The highest BCUT2D eigenvalue weighted by molar-refractivity contribution is 7.92. The molecule has 2 aromatic rings. The number of hydrogen-bond acceptors (Lipinski definition) is 5. The molecule has 0 saturated heterocycles. The number of carbonyl (C=O) groups excluding carboxylic acids is 2. The maximum absolute atomic E-state index is 12.9. The molecule has 2 rings (SSSR count). The van der Waals surface area contributed by atoms with Crippen molar-refractivity contribution in [2.24, 2.45) is 0 Å². The van der Waals surface area contributed by atoms with Gasteiger partial charge in [0.05, 0.1) is 35.3 Å². The number of amides is 1. The first-order chi connectivity index (χ1) is 13.5. The highest BCUT2D eigenvalue weighted by Gasteiger charge is 2.30. The second-order valence-corrected chi connectivity index (χ2v) is 8.97.